The van der Waals surface area contributed by atoms with Crippen LogP contribution in [0.4, 0.5) is 0 Å². The second kappa shape index (κ2) is 8.27. The van der Waals surface area contributed by atoms with Crippen molar-refractivity contribution in [3.05, 3.63) is 35.9 Å². The van der Waals surface area contributed by atoms with Crippen LogP contribution in [0.15, 0.2) is 30.3 Å². The van der Waals surface area contributed by atoms with E-state index in [2.05, 4.69) is 17.4 Å². The van der Waals surface area contributed by atoms with E-state index in [0.717, 1.165) is 12.8 Å². The van der Waals surface area contributed by atoms with Crippen LogP contribution in [-0.4, -0.2) is 58.9 Å². The molecular formula is C17H26N2O3. The molecule has 0 radical (unpaired) electrons. The normalized spacial score (nSPS) is 25.9. The van der Waals surface area contributed by atoms with Crippen LogP contribution in [0, 0.1) is 0 Å². The minimum Gasteiger partial charge on any atom is -0.392 e. The third kappa shape index (κ3) is 4.53. The number of nitrogens with zero attached hydrogens (tertiary/aromatic N) is 1. The van der Waals surface area contributed by atoms with Gasteiger partial charge in [-0.25, -0.2) is 0 Å². The molecule has 0 saturated carbocycles. The maximum absolute atomic E-state index is 12.2. The van der Waals surface area contributed by atoms with E-state index in [9.17, 15) is 15.0 Å². The van der Waals surface area contributed by atoms with E-state index in [4.69, 9.17) is 0 Å². The number of likely N-dealkylation sites (tertiary alicyclic amines) is 1. The second-order valence-corrected chi connectivity index (χ2v) is 5.88. The summed E-state index contributed by atoms with van der Waals surface area (Å²) in [6, 6.07) is 9.63. The molecule has 2 rings (SSSR count). The monoisotopic (exact) mass is 306 g/mol. The summed E-state index contributed by atoms with van der Waals surface area (Å²) in [5.74, 6) is -0.151. The van der Waals surface area contributed by atoms with Gasteiger partial charge < -0.3 is 15.5 Å². The van der Waals surface area contributed by atoms with E-state index in [1.54, 1.807) is 0 Å². The summed E-state index contributed by atoms with van der Waals surface area (Å²) in [6.07, 6.45) is 0.687. The Kier molecular flexibility index (Phi) is 6.36. The van der Waals surface area contributed by atoms with Gasteiger partial charge in [-0.3, -0.25) is 9.69 Å². The smallest absolute Gasteiger partial charge is 0.240 e. The van der Waals surface area contributed by atoms with Gasteiger partial charge in [-0.2, -0.15) is 0 Å². The Morgan fingerprint density at radius 1 is 1.32 bits per heavy atom. The third-order valence-corrected chi connectivity index (χ3v) is 4.09. The highest BCUT2D eigenvalue weighted by Crippen LogP contribution is 2.19. The number of hydrogen-bond acceptors (Lipinski definition) is 4. The lowest BCUT2D eigenvalue weighted by molar-refractivity contribution is -0.136. The molecule has 1 heterocycles. The molecule has 5 heteroatoms. The molecule has 0 aliphatic carbocycles. The highest BCUT2D eigenvalue weighted by atomic mass is 16.3. The van der Waals surface area contributed by atoms with Crippen LogP contribution in [0.1, 0.15) is 25.3 Å². The molecule has 1 amide bonds. The van der Waals surface area contributed by atoms with Crippen LogP contribution in [0.2, 0.25) is 0 Å². The van der Waals surface area contributed by atoms with Gasteiger partial charge >= 0.3 is 0 Å². The van der Waals surface area contributed by atoms with E-state index < -0.39 is 18.2 Å². The number of nitrogens with one attached hydrogen (secondary N) is 1. The first kappa shape index (κ1) is 16.9. The Hall–Kier alpha value is -1.43. The molecule has 5 nitrogen and oxygen atoms in total. The molecule has 1 aliphatic rings. The van der Waals surface area contributed by atoms with E-state index in [1.165, 1.54) is 5.56 Å². The number of aliphatic hydroxyl groups excluding tert-OH is 2. The van der Waals surface area contributed by atoms with Crippen molar-refractivity contribution >= 4 is 5.91 Å². The molecule has 22 heavy (non-hydrogen) atoms. The Labute approximate surface area is 131 Å². The van der Waals surface area contributed by atoms with Crippen LogP contribution in [0.25, 0.3) is 0 Å². The lowest BCUT2D eigenvalue weighted by Crippen LogP contribution is -2.59. The molecule has 3 N–H and O–H groups in total. The number of hydrogen-bond donors (Lipinski definition) is 3. The largest absolute Gasteiger partial charge is 0.392 e. The van der Waals surface area contributed by atoms with E-state index in [-0.39, 0.29) is 12.3 Å². The maximum Gasteiger partial charge on any atom is 0.240 e. The lowest BCUT2D eigenvalue weighted by atomic mass is 9.95. The van der Waals surface area contributed by atoms with Crippen molar-refractivity contribution < 1.29 is 15.0 Å². The lowest BCUT2D eigenvalue weighted by Gasteiger charge is -2.40. The quantitative estimate of drug-likeness (QED) is 0.718. The second-order valence-electron chi connectivity index (χ2n) is 5.88. The van der Waals surface area contributed by atoms with Gasteiger partial charge in [0.25, 0.3) is 0 Å². The molecule has 0 aromatic heterocycles. The van der Waals surface area contributed by atoms with Crippen LogP contribution in [0.5, 0.6) is 0 Å². The minimum absolute atomic E-state index is 0.151. The van der Waals surface area contributed by atoms with Crippen LogP contribution < -0.4 is 5.32 Å². The van der Waals surface area contributed by atoms with Crippen LogP contribution >= 0.6 is 0 Å². The standard InChI is InChI=1S/C17H26N2O3/c1-2-18-17(22)16-15(21)11-14(20)12-19(16)10-6-9-13-7-4-3-5-8-13/h3-5,7-8,14-16,20-21H,2,6,9-12H2,1H3,(H,18,22). The number of carbonyl (C=O) groups excluding carboxylic acids is 1. The van der Waals surface area contributed by atoms with Crippen molar-refractivity contribution in [1.29, 1.82) is 0 Å². The van der Waals surface area contributed by atoms with Gasteiger partial charge in [0.15, 0.2) is 0 Å². The topological polar surface area (TPSA) is 72.8 Å². The molecule has 0 bridgehead atoms. The minimum atomic E-state index is -0.813. The van der Waals surface area contributed by atoms with Gasteiger partial charge in [-0.1, -0.05) is 30.3 Å². The first-order valence-electron chi connectivity index (χ1n) is 8.03. The van der Waals surface area contributed by atoms with Crippen molar-refractivity contribution in [3.8, 4) is 0 Å². The van der Waals surface area contributed by atoms with Crippen molar-refractivity contribution in [2.24, 2.45) is 0 Å². The Balaban J connectivity index is 1.93. The zero-order chi connectivity index (χ0) is 15.9. The number of likely N-dealkylation sites (N-methyl/N-ethyl adjacent to an activating group) is 1. The maximum atomic E-state index is 12.2. The van der Waals surface area contributed by atoms with Crippen molar-refractivity contribution in [2.75, 3.05) is 19.6 Å². The summed E-state index contributed by atoms with van der Waals surface area (Å²) in [6.45, 7) is 3.53. The van der Waals surface area contributed by atoms with Gasteiger partial charge in [-0.15, -0.1) is 0 Å². The predicted molar refractivity (Wildman–Crippen MR) is 85.4 cm³/mol. The van der Waals surface area contributed by atoms with Crippen molar-refractivity contribution in [2.45, 2.75) is 44.4 Å². The fourth-order valence-electron chi connectivity index (χ4n) is 3.09. The molecule has 1 saturated heterocycles. The van der Waals surface area contributed by atoms with Gasteiger partial charge in [-0.05, 0) is 31.9 Å². The Morgan fingerprint density at radius 2 is 2.05 bits per heavy atom. The summed E-state index contributed by atoms with van der Waals surface area (Å²) < 4.78 is 0. The molecule has 1 aliphatic heterocycles. The third-order valence-electron chi connectivity index (χ3n) is 4.09. The first-order chi connectivity index (χ1) is 10.6. The zero-order valence-electron chi connectivity index (χ0n) is 13.1. The molecule has 3 atom stereocenters. The summed E-state index contributed by atoms with van der Waals surface area (Å²) in [7, 11) is 0. The molecular weight excluding hydrogens is 280 g/mol. The van der Waals surface area contributed by atoms with Gasteiger partial charge in [0.05, 0.1) is 12.2 Å². The zero-order valence-corrected chi connectivity index (χ0v) is 13.1. The summed E-state index contributed by atoms with van der Waals surface area (Å²) >= 11 is 0. The number of aryl methyl sites for hydroxylation is 1. The molecule has 1 fully saturated rings. The van der Waals surface area contributed by atoms with Crippen LogP contribution in [0.3, 0.4) is 0 Å². The van der Waals surface area contributed by atoms with Gasteiger partial charge in [0.2, 0.25) is 5.91 Å². The fraction of sp³-hybridized carbons (Fsp3) is 0.588. The van der Waals surface area contributed by atoms with Crippen molar-refractivity contribution in [3.63, 3.8) is 0 Å². The number of aliphatic hydroxyl groups is 2. The van der Waals surface area contributed by atoms with Gasteiger partial charge in [0.1, 0.15) is 6.04 Å². The molecule has 1 aromatic rings. The highest BCUT2D eigenvalue weighted by Gasteiger charge is 2.38. The fourth-order valence-corrected chi connectivity index (χ4v) is 3.09. The van der Waals surface area contributed by atoms with E-state index >= 15 is 0 Å². The predicted octanol–water partition coefficient (Wildman–Crippen LogP) is 0.551. The SMILES string of the molecule is CCNC(=O)C1C(O)CC(O)CN1CCCc1ccccc1. The van der Waals surface area contributed by atoms with Gasteiger partial charge in [0, 0.05) is 19.5 Å². The van der Waals surface area contributed by atoms with E-state index in [0.29, 0.717) is 19.6 Å². The molecule has 122 valence electrons. The molecule has 0 spiro atoms. The Morgan fingerprint density at radius 3 is 2.73 bits per heavy atom. The highest BCUT2D eigenvalue weighted by molar-refractivity contribution is 5.82. The number of benzene rings is 1. The summed E-state index contributed by atoms with van der Waals surface area (Å²) in [5, 5.41) is 22.8. The first-order valence-corrected chi connectivity index (χ1v) is 8.03. The Bertz CT molecular complexity index is 466. The van der Waals surface area contributed by atoms with E-state index in [1.807, 2.05) is 30.0 Å². The average molecular weight is 306 g/mol. The average Bonchev–Trinajstić information content (AvgIpc) is 2.48. The summed E-state index contributed by atoms with van der Waals surface area (Å²) in [5.41, 5.74) is 1.26. The number of piperidine rings is 1. The van der Waals surface area contributed by atoms with Crippen LogP contribution in [-0.2, 0) is 11.2 Å². The number of β-amino-alcohol motifs (C(OH)–C–C–N with tert-alkyl or cyclic N) is 1. The number of carbonyl (C=O) groups is 1. The number of rotatable bonds is 6. The summed E-state index contributed by atoms with van der Waals surface area (Å²) in [4.78, 5) is 14.1. The molecule has 3 unspecified atom stereocenters. The molecule has 1 aromatic carbocycles. The van der Waals surface area contributed by atoms with Crippen molar-refractivity contribution in [1.82, 2.24) is 10.2 Å². The number of amides is 1.